The lowest BCUT2D eigenvalue weighted by Crippen LogP contribution is -2.13. The van der Waals surface area contributed by atoms with Gasteiger partial charge in [0.25, 0.3) is 5.91 Å². The first-order chi connectivity index (χ1) is 16.8. The highest BCUT2D eigenvalue weighted by Crippen LogP contribution is 2.37. The van der Waals surface area contributed by atoms with Crippen molar-refractivity contribution in [2.45, 2.75) is 6.61 Å². The highest BCUT2D eigenvalue weighted by molar-refractivity contribution is 14.1. The first-order valence-corrected chi connectivity index (χ1v) is 11.7. The second-order valence-electron chi connectivity index (χ2n) is 7.14. The minimum absolute atomic E-state index is 0.146. The van der Waals surface area contributed by atoms with E-state index in [9.17, 15) is 14.9 Å². The van der Waals surface area contributed by atoms with E-state index in [-0.39, 0.29) is 10.6 Å². The van der Waals surface area contributed by atoms with E-state index in [1.807, 2.05) is 30.3 Å². The molecule has 9 heteroatoms. The summed E-state index contributed by atoms with van der Waals surface area (Å²) in [6.07, 6.45) is 1.40. The SMILES string of the molecule is COC(=O)c1ccc(NC(=O)/C(C#N)=C/c2cc(Cl)c(OCc3ccc(I)cc3)c(OC)c2)cc1. The number of nitrogens with one attached hydrogen (secondary N) is 1. The van der Waals surface area contributed by atoms with Gasteiger partial charge in [-0.25, -0.2) is 4.79 Å². The zero-order chi connectivity index (χ0) is 25.4. The van der Waals surface area contributed by atoms with Crippen molar-refractivity contribution in [3.63, 3.8) is 0 Å². The van der Waals surface area contributed by atoms with Crippen LogP contribution >= 0.6 is 34.2 Å². The summed E-state index contributed by atoms with van der Waals surface area (Å²) in [5, 5.41) is 12.4. The van der Waals surface area contributed by atoms with Crippen molar-refractivity contribution >= 4 is 57.8 Å². The highest BCUT2D eigenvalue weighted by atomic mass is 127. The number of benzene rings is 3. The van der Waals surface area contributed by atoms with Crippen molar-refractivity contribution in [1.82, 2.24) is 0 Å². The molecular formula is C26H20ClIN2O5. The molecule has 0 bridgehead atoms. The van der Waals surface area contributed by atoms with Crippen molar-refractivity contribution in [3.05, 3.63) is 91.5 Å². The van der Waals surface area contributed by atoms with Crippen LogP contribution in [0.4, 0.5) is 5.69 Å². The second kappa shape index (κ2) is 12.2. The van der Waals surface area contributed by atoms with Crippen LogP contribution < -0.4 is 14.8 Å². The summed E-state index contributed by atoms with van der Waals surface area (Å²) < 4.78 is 17.1. The van der Waals surface area contributed by atoms with Gasteiger partial charge in [-0.15, -0.1) is 0 Å². The average molecular weight is 603 g/mol. The van der Waals surface area contributed by atoms with Crippen LogP contribution in [0.5, 0.6) is 11.5 Å². The molecule has 0 aliphatic heterocycles. The number of rotatable bonds is 8. The molecule has 0 spiro atoms. The maximum Gasteiger partial charge on any atom is 0.337 e. The van der Waals surface area contributed by atoms with E-state index in [0.717, 1.165) is 9.13 Å². The first kappa shape index (κ1) is 26.1. The molecule has 0 heterocycles. The van der Waals surface area contributed by atoms with Crippen LogP contribution in [-0.2, 0) is 16.1 Å². The van der Waals surface area contributed by atoms with Crippen LogP contribution in [0.1, 0.15) is 21.5 Å². The number of hydrogen-bond donors (Lipinski definition) is 1. The number of amides is 1. The fraction of sp³-hybridized carbons (Fsp3) is 0.115. The van der Waals surface area contributed by atoms with Crippen LogP contribution in [0, 0.1) is 14.9 Å². The number of ether oxygens (including phenoxy) is 3. The second-order valence-corrected chi connectivity index (χ2v) is 8.79. The highest BCUT2D eigenvalue weighted by Gasteiger charge is 2.15. The van der Waals surface area contributed by atoms with Gasteiger partial charge >= 0.3 is 5.97 Å². The molecule has 0 radical (unpaired) electrons. The molecule has 1 N–H and O–H groups in total. The van der Waals surface area contributed by atoms with E-state index >= 15 is 0 Å². The molecule has 7 nitrogen and oxygen atoms in total. The Bertz CT molecular complexity index is 1300. The maximum absolute atomic E-state index is 12.6. The molecule has 0 aromatic heterocycles. The first-order valence-electron chi connectivity index (χ1n) is 10.2. The molecular weight excluding hydrogens is 583 g/mol. The monoisotopic (exact) mass is 602 g/mol. The normalized spacial score (nSPS) is 10.8. The lowest BCUT2D eigenvalue weighted by atomic mass is 10.1. The van der Waals surface area contributed by atoms with E-state index in [4.69, 9.17) is 21.1 Å². The summed E-state index contributed by atoms with van der Waals surface area (Å²) in [7, 11) is 2.76. The number of carbonyl (C=O) groups is 2. The van der Waals surface area contributed by atoms with Crippen LogP contribution in [0.3, 0.4) is 0 Å². The molecule has 0 atom stereocenters. The van der Waals surface area contributed by atoms with Crippen LogP contribution in [0.2, 0.25) is 5.02 Å². The Balaban J connectivity index is 1.77. The minimum Gasteiger partial charge on any atom is -0.493 e. The van der Waals surface area contributed by atoms with Crippen molar-refractivity contribution in [2.75, 3.05) is 19.5 Å². The van der Waals surface area contributed by atoms with Gasteiger partial charge in [-0.3, -0.25) is 4.79 Å². The summed E-state index contributed by atoms with van der Waals surface area (Å²) in [6.45, 7) is 0.294. The van der Waals surface area contributed by atoms with Crippen LogP contribution in [0.25, 0.3) is 6.08 Å². The number of hydrogen-bond acceptors (Lipinski definition) is 6. The summed E-state index contributed by atoms with van der Waals surface area (Å²) in [5.74, 6) is -0.381. The summed E-state index contributed by atoms with van der Waals surface area (Å²) in [6, 6.07) is 19.1. The Kier molecular flexibility index (Phi) is 9.11. The summed E-state index contributed by atoms with van der Waals surface area (Å²) in [5.41, 5.74) is 2.07. The molecule has 3 rings (SSSR count). The van der Waals surface area contributed by atoms with Gasteiger partial charge in [0, 0.05) is 9.26 Å². The zero-order valence-corrected chi connectivity index (χ0v) is 21.7. The smallest absolute Gasteiger partial charge is 0.337 e. The molecule has 3 aromatic rings. The van der Waals surface area contributed by atoms with Crippen molar-refractivity contribution in [2.24, 2.45) is 0 Å². The molecule has 0 saturated heterocycles. The third kappa shape index (κ3) is 6.97. The average Bonchev–Trinajstić information content (AvgIpc) is 2.87. The Morgan fingerprint density at radius 1 is 1.09 bits per heavy atom. The fourth-order valence-electron chi connectivity index (χ4n) is 3.02. The lowest BCUT2D eigenvalue weighted by molar-refractivity contribution is -0.112. The quantitative estimate of drug-likeness (QED) is 0.150. The largest absolute Gasteiger partial charge is 0.493 e. The maximum atomic E-state index is 12.6. The Morgan fingerprint density at radius 2 is 1.77 bits per heavy atom. The topological polar surface area (TPSA) is 97.7 Å². The number of methoxy groups -OCH3 is 2. The van der Waals surface area contributed by atoms with Crippen molar-refractivity contribution in [3.8, 4) is 17.6 Å². The number of nitriles is 1. The third-order valence-electron chi connectivity index (χ3n) is 4.79. The Hall–Kier alpha value is -3.55. The van der Waals surface area contributed by atoms with Crippen molar-refractivity contribution < 1.29 is 23.8 Å². The Labute approximate surface area is 221 Å². The predicted octanol–water partition coefficient (Wildman–Crippen LogP) is 5.86. The number of anilines is 1. The number of halogens is 2. The Morgan fingerprint density at radius 3 is 2.37 bits per heavy atom. The van der Waals surface area contributed by atoms with E-state index in [2.05, 4.69) is 32.6 Å². The van der Waals surface area contributed by atoms with Gasteiger partial charge in [-0.2, -0.15) is 5.26 Å². The lowest BCUT2D eigenvalue weighted by Gasteiger charge is -2.14. The predicted molar refractivity (Wildman–Crippen MR) is 141 cm³/mol. The van der Waals surface area contributed by atoms with E-state index < -0.39 is 11.9 Å². The minimum atomic E-state index is -0.618. The standard InChI is InChI=1S/C26H20ClIN2O5/c1-33-23-13-17(12-22(27)24(23)35-15-16-3-7-20(28)8-4-16)11-19(14-29)25(31)30-21-9-5-18(6-10-21)26(32)34-2/h3-13H,15H2,1-2H3,(H,30,31)/b19-11+. The fourth-order valence-corrected chi connectivity index (χ4v) is 3.65. The number of carbonyl (C=O) groups excluding carboxylic acids is 2. The van der Waals surface area contributed by atoms with Gasteiger partial charge in [0.05, 0.1) is 24.8 Å². The molecule has 3 aromatic carbocycles. The molecule has 35 heavy (non-hydrogen) atoms. The molecule has 0 unspecified atom stereocenters. The molecule has 178 valence electrons. The third-order valence-corrected chi connectivity index (χ3v) is 5.79. The number of esters is 1. The van der Waals surface area contributed by atoms with Gasteiger partial charge in [-0.1, -0.05) is 23.7 Å². The summed E-state index contributed by atoms with van der Waals surface area (Å²) >= 11 is 8.67. The van der Waals surface area contributed by atoms with Gasteiger partial charge in [0.1, 0.15) is 18.2 Å². The van der Waals surface area contributed by atoms with E-state index in [1.165, 1.54) is 32.4 Å². The van der Waals surface area contributed by atoms with Gasteiger partial charge in [0.2, 0.25) is 0 Å². The molecule has 1 amide bonds. The molecule has 0 aliphatic rings. The van der Waals surface area contributed by atoms with Crippen LogP contribution in [0.15, 0.2) is 66.2 Å². The molecule has 0 saturated carbocycles. The van der Waals surface area contributed by atoms with Crippen LogP contribution in [-0.4, -0.2) is 26.1 Å². The zero-order valence-electron chi connectivity index (χ0n) is 18.8. The molecule has 0 aliphatic carbocycles. The van der Waals surface area contributed by atoms with Gasteiger partial charge < -0.3 is 19.5 Å². The van der Waals surface area contributed by atoms with Gasteiger partial charge in [-0.05, 0) is 88.3 Å². The van der Waals surface area contributed by atoms with Crippen molar-refractivity contribution in [1.29, 1.82) is 5.26 Å². The number of nitrogens with zero attached hydrogens (tertiary/aromatic N) is 1. The van der Waals surface area contributed by atoms with Gasteiger partial charge in [0.15, 0.2) is 11.5 Å². The molecule has 0 fully saturated rings. The van der Waals surface area contributed by atoms with E-state index in [0.29, 0.717) is 34.9 Å². The summed E-state index contributed by atoms with van der Waals surface area (Å²) in [4.78, 5) is 24.2. The van der Waals surface area contributed by atoms with E-state index in [1.54, 1.807) is 24.3 Å².